The fraction of sp³-hybridized carbons (Fsp3) is 0.786. The molecule has 20 heavy (non-hydrogen) atoms. The van der Waals surface area contributed by atoms with E-state index in [0.29, 0.717) is 23.9 Å². The van der Waals surface area contributed by atoms with Crippen molar-refractivity contribution in [1.29, 1.82) is 0 Å². The minimum absolute atomic E-state index is 0.0773. The van der Waals surface area contributed by atoms with E-state index in [0.717, 1.165) is 5.75 Å². The van der Waals surface area contributed by atoms with Crippen LogP contribution < -0.4 is 5.32 Å². The van der Waals surface area contributed by atoms with Crippen molar-refractivity contribution in [2.75, 3.05) is 5.75 Å². The highest BCUT2D eigenvalue weighted by molar-refractivity contribution is 7.98. The van der Waals surface area contributed by atoms with Crippen molar-refractivity contribution in [2.45, 2.75) is 64.7 Å². The Hall–Kier alpha value is -1.04. The Morgan fingerprint density at radius 1 is 1.25 bits per heavy atom. The monoisotopic (exact) mass is 299 g/mol. The van der Waals surface area contributed by atoms with Crippen molar-refractivity contribution in [2.24, 2.45) is 0 Å². The first-order valence-electron chi connectivity index (χ1n) is 6.80. The summed E-state index contributed by atoms with van der Waals surface area (Å²) in [5, 5.41) is 6.89. The third kappa shape index (κ3) is 6.41. The molecule has 1 rings (SSSR count). The number of aromatic nitrogens is 2. The molecule has 114 valence electrons. The van der Waals surface area contributed by atoms with E-state index < -0.39 is 0 Å². The molecule has 0 aliphatic rings. The summed E-state index contributed by atoms with van der Waals surface area (Å²) >= 11 is 1.64. The minimum atomic E-state index is -0.170. The summed E-state index contributed by atoms with van der Waals surface area (Å²) in [5.74, 6) is 2.84. The van der Waals surface area contributed by atoms with E-state index in [1.54, 1.807) is 11.8 Å². The smallest absolute Gasteiger partial charge is 0.232 e. The van der Waals surface area contributed by atoms with Crippen LogP contribution in [0.3, 0.4) is 0 Å². The van der Waals surface area contributed by atoms with Crippen LogP contribution in [0.15, 0.2) is 4.52 Å². The second-order valence-corrected chi connectivity index (χ2v) is 7.97. The van der Waals surface area contributed by atoms with Crippen LogP contribution in [0.1, 0.15) is 59.7 Å². The molecule has 0 spiro atoms. The average Bonchev–Trinajstić information content (AvgIpc) is 2.70. The molecular formula is C14H25N3O2S. The molecule has 6 heteroatoms. The van der Waals surface area contributed by atoms with E-state index in [4.69, 9.17) is 4.52 Å². The van der Waals surface area contributed by atoms with Crippen LogP contribution in [0.25, 0.3) is 0 Å². The Morgan fingerprint density at radius 2 is 1.90 bits per heavy atom. The fourth-order valence-electron chi connectivity index (χ4n) is 1.43. The summed E-state index contributed by atoms with van der Waals surface area (Å²) in [7, 11) is 0. The molecule has 0 saturated heterocycles. The van der Waals surface area contributed by atoms with Gasteiger partial charge in [-0.3, -0.25) is 4.79 Å². The van der Waals surface area contributed by atoms with E-state index in [1.165, 1.54) is 0 Å². The third-order valence-electron chi connectivity index (χ3n) is 2.33. The standard InChI is InChI=1S/C14H25N3O2S/c1-13(2,3)12-15-10(17-19-12)9-20-8-7-11(18)16-14(4,5)6/h7-9H2,1-6H3,(H,16,18). The molecule has 0 unspecified atom stereocenters. The SMILES string of the molecule is CC(C)(C)NC(=O)CCSCc1noc(C(C)(C)C)n1. The van der Waals surface area contributed by atoms with Crippen molar-refractivity contribution in [3.63, 3.8) is 0 Å². The minimum Gasteiger partial charge on any atom is -0.351 e. The zero-order valence-electron chi connectivity index (χ0n) is 13.2. The molecule has 0 fully saturated rings. The highest BCUT2D eigenvalue weighted by Crippen LogP contribution is 2.21. The van der Waals surface area contributed by atoms with Crippen LogP contribution in [0.2, 0.25) is 0 Å². The highest BCUT2D eigenvalue weighted by atomic mass is 32.2. The zero-order valence-corrected chi connectivity index (χ0v) is 14.1. The number of carbonyl (C=O) groups excluding carboxylic acids is 1. The Kier molecular flexibility index (Phi) is 5.62. The van der Waals surface area contributed by atoms with E-state index in [-0.39, 0.29) is 16.9 Å². The van der Waals surface area contributed by atoms with E-state index >= 15 is 0 Å². The van der Waals surface area contributed by atoms with Gasteiger partial charge in [-0.2, -0.15) is 16.7 Å². The fourth-order valence-corrected chi connectivity index (χ4v) is 2.20. The zero-order chi connectivity index (χ0) is 15.4. The lowest BCUT2D eigenvalue weighted by Gasteiger charge is -2.20. The average molecular weight is 299 g/mol. The maximum Gasteiger partial charge on any atom is 0.232 e. The molecule has 0 radical (unpaired) electrons. The quantitative estimate of drug-likeness (QED) is 0.847. The summed E-state index contributed by atoms with van der Waals surface area (Å²) in [6, 6.07) is 0. The lowest BCUT2D eigenvalue weighted by molar-refractivity contribution is -0.122. The van der Waals surface area contributed by atoms with Gasteiger partial charge >= 0.3 is 0 Å². The molecular weight excluding hydrogens is 274 g/mol. The van der Waals surface area contributed by atoms with Gasteiger partial charge in [0.25, 0.3) is 0 Å². The normalized spacial score (nSPS) is 12.5. The van der Waals surface area contributed by atoms with Crippen LogP contribution in [0.4, 0.5) is 0 Å². The second kappa shape index (κ2) is 6.61. The first-order valence-corrected chi connectivity index (χ1v) is 7.95. The number of rotatable bonds is 5. The van der Waals surface area contributed by atoms with Crippen molar-refractivity contribution < 1.29 is 9.32 Å². The second-order valence-electron chi connectivity index (χ2n) is 6.87. The number of hydrogen-bond donors (Lipinski definition) is 1. The van der Waals surface area contributed by atoms with Gasteiger partial charge in [-0.05, 0) is 20.8 Å². The molecule has 1 aromatic heterocycles. The maximum absolute atomic E-state index is 11.6. The number of hydrogen-bond acceptors (Lipinski definition) is 5. The van der Waals surface area contributed by atoms with Gasteiger partial charge in [0, 0.05) is 23.1 Å². The molecule has 0 aromatic carbocycles. The van der Waals surface area contributed by atoms with Gasteiger partial charge in [0.15, 0.2) is 5.82 Å². The molecule has 0 aliphatic heterocycles. The Bertz CT molecular complexity index is 444. The number of nitrogens with zero attached hydrogens (tertiary/aromatic N) is 2. The molecule has 1 heterocycles. The maximum atomic E-state index is 11.6. The van der Waals surface area contributed by atoms with Crippen molar-refractivity contribution >= 4 is 17.7 Å². The lowest BCUT2D eigenvalue weighted by Crippen LogP contribution is -2.40. The van der Waals surface area contributed by atoms with Crippen molar-refractivity contribution in [3.8, 4) is 0 Å². The first-order chi connectivity index (χ1) is 9.08. The molecule has 0 atom stereocenters. The van der Waals surface area contributed by atoms with Gasteiger partial charge in [0.05, 0.1) is 5.75 Å². The number of thioether (sulfide) groups is 1. The summed E-state index contributed by atoms with van der Waals surface area (Å²) < 4.78 is 5.22. The molecule has 1 N–H and O–H groups in total. The van der Waals surface area contributed by atoms with Gasteiger partial charge in [-0.25, -0.2) is 0 Å². The predicted molar refractivity (Wildman–Crippen MR) is 81.7 cm³/mol. The van der Waals surface area contributed by atoms with Crippen molar-refractivity contribution in [1.82, 2.24) is 15.5 Å². The Labute approximate surface area is 125 Å². The number of amides is 1. The van der Waals surface area contributed by atoms with Gasteiger partial charge < -0.3 is 9.84 Å². The first kappa shape index (κ1) is 17.0. The van der Waals surface area contributed by atoms with Gasteiger partial charge in [-0.1, -0.05) is 25.9 Å². The van der Waals surface area contributed by atoms with Crippen molar-refractivity contribution in [3.05, 3.63) is 11.7 Å². The molecule has 0 saturated carbocycles. The summed E-state index contributed by atoms with van der Waals surface area (Å²) in [5.41, 5.74) is -0.292. The molecule has 1 aromatic rings. The Balaban J connectivity index is 2.28. The largest absolute Gasteiger partial charge is 0.351 e. The van der Waals surface area contributed by atoms with Crippen LogP contribution in [0, 0.1) is 0 Å². The molecule has 0 aliphatic carbocycles. The van der Waals surface area contributed by atoms with Crippen LogP contribution in [-0.2, 0) is 16.0 Å². The van der Waals surface area contributed by atoms with Crippen LogP contribution >= 0.6 is 11.8 Å². The van der Waals surface area contributed by atoms with Crippen LogP contribution in [-0.4, -0.2) is 27.3 Å². The van der Waals surface area contributed by atoms with Gasteiger partial charge in [-0.15, -0.1) is 0 Å². The number of nitrogens with one attached hydrogen (secondary N) is 1. The van der Waals surface area contributed by atoms with Gasteiger partial charge in [0.1, 0.15) is 0 Å². The highest BCUT2D eigenvalue weighted by Gasteiger charge is 2.21. The molecule has 5 nitrogen and oxygen atoms in total. The summed E-state index contributed by atoms with van der Waals surface area (Å²) in [4.78, 5) is 16.0. The molecule has 0 bridgehead atoms. The van der Waals surface area contributed by atoms with Crippen LogP contribution in [0.5, 0.6) is 0 Å². The predicted octanol–water partition coefficient (Wildman–Crippen LogP) is 2.91. The van der Waals surface area contributed by atoms with E-state index in [2.05, 4.69) is 15.5 Å². The van der Waals surface area contributed by atoms with E-state index in [9.17, 15) is 4.79 Å². The summed E-state index contributed by atoms with van der Waals surface area (Å²) in [6.45, 7) is 12.0. The Morgan fingerprint density at radius 3 is 2.40 bits per heavy atom. The molecule has 1 amide bonds. The third-order valence-corrected chi connectivity index (χ3v) is 3.28. The topological polar surface area (TPSA) is 68.0 Å². The summed E-state index contributed by atoms with van der Waals surface area (Å²) in [6.07, 6.45) is 0.506. The van der Waals surface area contributed by atoms with Gasteiger partial charge in [0.2, 0.25) is 11.8 Å². The lowest BCUT2D eigenvalue weighted by atomic mass is 9.97. The van der Waals surface area contributed by atoms with E-state index in [1.807, 2.05) is 41.5 Å². The number of carbonyl (C=O) groups is 1.